The van der Waals surface area contributed by atoms with Crippen LogP contribution in [-0.4, -0.2) is 10.8 Å². The average molecular weight is 670 g/mol. The van der Waals surface area contributed by atoms with E-state index in [1.807, 2.05) is 18.3 Å². The van der Waals surface area contributed by atoms with Crippen molar-refractivity contribution in [3.8, 4) is 11.1 Å². The molecule has 1 aliphatic carbocycles. The van der Waals surface area contributed by atoms with Crippen LogP contribution in [0.1, 0.15) is 33.7 Å². The lowest BCUT2D eigenvalue weighted by molar-refractivity contribution is 0.512. The van der Waals surface area contributed by atoms with Gasteiger partial charge >= 0.3 is 0 Å². The van der Waals surface area contributed by atoms with Crippen molar-refractivity contribution in [2.45, 2.75) is 17.0 Å². The average Bonchev–Trinajstić information content (AvgIpc) is 3.37. The van der Waals surface area contributed by atoms with E-state index in [2.05, 4.69) is 162 Å². The SMILES string of the molecule is CC1C=CC(c2cccc(C=NC(I)c3ccccc3)c2)=CC1n1c2ccccc2c2cc(-c3ccccc3)c(N)cc21. The number of aliphatic imine (C=N–C) groups is 1. The number of nitrogens with two attached hydrogens (primary N) is 1. The van der Waals surface area contributed by atoms with Crippen LogP contribution in [0.2, 0.25) is 0 Å². The quantitative estimate of drug-likeness (QED) is 0.0620. The number of alkyl halides is 1. The topological polar surface area (TPSA) is 43.3 Å². The normalized spacial score (nSPS) is 17.5. The first-order valence-electron chi connectivity index (χ1n) is 14.7. The highest BCUT2D eigenvalue weighted by Crippen LogP contribution is 2.41. The Hall–Kier alpha value is -4.42. The van der Waals surface area contributed by atoms with Crippen molar-refractivity contribution in [2.24, 2.45) is 10.9 Å². The van der Waals surface area contributed by atoms with Crippen LogP contribution in [0, 0.1) is 5.92 Å². The molecule has 2 N–H and O–H groups in total. The number of allylic oxidation sites excluding steroid dienone is 4. The lowest BCUT2D eigenvalue weighted by Crippen LogP contribution is -2.16. The second-order valence-corrected chi connectivity index (χ2v) is 12.4. The molecule has 0 aliphatic heterocycles. The molecule has 7 rings (SSSR count). The molecule has 1 aromatic heterocycles. The summed E-state index contributed by atoms with van der Waals surface area (Å²) in [6, 6.07) is 42.8. The third-order valence-electron chi connectivity index (χ3n) is 8.38. The number of anilines is 1. The predicted octanol–water partition coefficient (Wildman–Crippen LogP) is 10.4. The Bertz CT molecular complexity index is 2020. The van der Waals surface area contributed by atoms with Gasteiger partial charge in [-0.05, 0) is 58.0 Å². The first-order valence-corrected chi connectivity index (χ1v) is 15.9. The Morgan fingerprint density at radius 1 is 0.767 bits per heavy atom. The van der Waals surface area contributed by atoms with Crippen molar-refractivity contribution in [1.82, 2.24) is 4.57 Å². The lowest BCUT2D eigenvalue weighted by atomic mass is 9.89. The first-order chi connectivity index (χ1) is 21.1. The molecule has 210 valence electrons. The van der Waals surface area contributed by atoms with Gasteiger partial charge in [0, 0.05) is 33.8 Å². The zero-order valence-electron chi connectivity index (χ0n) is 23.9. The number of aromatic nitrogens is 1. The van der Waals surface area contributed by atoms with E-state index in [4.69, 9.17) is 10.7 Å². The Balaban J connectivity index is 1.29. The van der Waals surface area contributed by atoms with E-state index >= 15 is 0 Å². The van der Waals surface area contributed by atoms with Crippen molar-refractivity contribution in [2.75, 3.05) is 5.73 Å². The van der Waals surface area contributed by atoms with Gasteiger partial charge in [-0.15, -0.1) is 0 Å². The van der Waals surface area contributed by atoms with Crippen LogP contribution in [0.3, 0.4) is 0 Å². The van der Waals surface area contributed by atoms with Crippen molar-refractivity contribution in [1.29, 1.82) is 0 Å². The van der Waals surface area contributed by atoms with Gasteiger partial charge < -0.3 is 10.3 Å². The molecular formula is C39H32IN3. The number of para-hydroxylation sites is 1. The molecule has 1 heterocycles. The predicted molar refractivity (Wildman–Crippen MR) is 192 cm³/mol. The van der Waals surface area contributed by atoms with Gasteiger partial charge in [0.25, 0.3) is 0 Å². The fourth-order valence-electron chi connectivity index (χ4n) is 6.16. The van der Waals surface area contributed by atoms with Crippen LogP contribution >= 0.6 is 22.6 Å². The minimum atomic E-state index is 0.0756. The zero-order valence-corrected chi connectivity index (χ0v) is 26.1. The maximum atomic E-state index is 6.74. The largest absolute Gasteiger partial charge is 0.398 e. The Morgan fingerprint density at radius 3 is 2.30 bits per heavy atom. The van der Waals surface area contributed by atoms with Gasteiger partial charge in [0.15, 0.2) is 0 Å². The number of fused-ring (bicyclic) bond motifs is 3. The van der Waals surface area contributed by atoms with Gasteiger partial charge in [-0.2, -0.15) is 0 Å². The van der Waals surface area contributed by atoms with Gasteiger partial charge in [0.2, 0.25) is 0 Å². The fourth-order valence-corrected chi connectivity index (χ4v) is 6.74. The maximum absolute atomic E-state index is 6.74. The standard InChI is InChI=1S/C39H32IN3/c1-26-19-20-31(30-16-10-11-27(21-30)25-42-39(40)29-14-6-3-7-15-29)22-37(26)43-36-18-9-8-17-32(36)34-23-33(35(41)24-38(34)43)28-12-4-2-5-13-28/h2-26,37,39H,41H2,1H3. The number of benzene rings is 5. The molecule has 5 aromatic carbocycles. The van der Waals surface area contributed by atoms with Crippen LogP contribution in [0.5, 0.6) is 0 Å². The lowest BCUT2D eigenvalue weighted by Gasteiger charge is -2.27. The minimum Gasteiger partial charge on any atom is -0.398 e. The van der Waals surface area contributed by atoms with Crippen LogP contribution in [0.4, 0.5) is 5.69 Å². The van der Waals surface area contributed by atoms with Gasteiger partial charge in [0.05, 0.1) is 11.6 Å². The molecule has 3 unspecified atom stereocenters. The number of halogens is 1. The number of hydrogen-bond acceptors (Lipinski definition) is 2. The fraction of sp³-hybridized carbons (Fsp3) is 0.103. The number of nitrogens with zero attached hydrogens (tertiary/aromatic N) is 2. The van der Waals surface area contributed by atoms with E-state index in [-0.39, 0.29) is 10.1 Å². The van der Waals surface area contributed by atoms with Crippen molar-refractivity contribution in [3.63, 3.8) is 0 Å². The van der Waals surface area contributed by atoms with E-state index in [1.165, 1.54) is 33.0 Å². The van der Waals surface area contributed by atoms with Crippen LogP contribution < -0.4 is 5.73 Å². The molecule has 0 fully saturated rings. The summed E-state index contributed by atoms with van der Waals surface area (Å²) < 4.78 is 2.56. The van der Waals surface area contributed by atoms with E-state index in [9.17, 15) is 0 Å². The Morgan fingerprint density at radius 2 is 1.49 bits per heavy atom. The summed E-state index contributed by atoms with van der Waals surface area (Å²) in [6.45, 7) is 2.30. The van der Waals surface area contributed by atoms with Gasteiger partial charge in [-0.1, -0.05) is 145 Å². The van der Waals surface area contributed by atoms with Crippen molar-refractivity contribution < 1.29 is 0 Å². The summed E-state index contributed by atoms with van der Waals surface area (Å²) >= 11 is 2.39. The maximum Gasteiger partial charge on any atom is 0.126 e. The highest BCUT2D eigenvalue weighted by molar-refractivity contribution is 14.1. The minimum absolute atomic E-state index is 0.0756. The molecular weight excluding hydrogens is 637 g/mol. The number of rotatable bonds is 6. The third kappa shape index (κ3) is 5.32. The summed E-state index contributed by atoms with van der Waals surface area (Å²) in [5, 5.41) is 2.47. The van der Waals surface area contributed by atoms with Gasteiger partial charge in [0.1, 0.15) is 4.05 Å². The molecule has 1 aliphatic rings. The molecule has 0 bridgehead atoms. The molecule has 0 radical (unpaired) electrons. The summed E-state index contributed by atoms with van der Waals surface area (Å²) in [7, 11) is 0. The van der Waals surface area contributed by atoms with E-state index in [0.29, 0.717) is 5.92 Å². The molecule has 43 heavy (non-hydrogen) atoms. The molecule has 0 spiro atoms. The van der Waals surface area contributed by atoms with Crippen molar-refractivity contribution >= 4 is 61.9 Å². The van der Waals surface area contributed by atoms with Gasteiger partial charge in [-0.25, -0.2) is 0 Å². The monoisotopic (exact) mass is 669 g/mol. The number of nitrogen functional groups attached to an aromatic ring is 1. The van der Waals surface area contributed by atoms with E-state index in [1.54, 1.807) is 0 Å². The van der Waals surface area contributed by atoms with E-state index in [0.717, 1.165) is 27.9 Å². The second kappa shape index (κ2) is 11.7. The summed E-state index contributed by atoms with van der Waals surface area (Å²) in [4.78, 5) is 4.83. The first kappa shape index (κ1) is 27.4. The Kier molecular flexibility index (Phi) is 7.45. The highest BCUT2D eigenvalue weighted by atomic mass is 127. The molecule has 3 nitrogen and oxygen atoms in total. The van der Waals surface area contributed by atoms with E-state index < -0.39 is 0 Å². The molecule has 3 atom stereocenters. The van der Waals surface area contributed by atoms with Crippen LogP contribution in [-0.2, 0) is 0 Å². The highest BCUT2D eigenvalue weighted by Gasteiger charge is 2.24. The molecule has 0 saturated heterocycles. The van der Waals surface area contributed by atoms with Crippen LogP contribution in [0.15, 0.2) is 145 Å². The summed E-state index contributed by atoms with van der Waals surface area (Å²) in [5.74, 6) is 0.313. The Labute approximate surface area is 266 Å². The third-order valence-corrected chi connectivity index (χ3v) is 9.42. The molecule has 0 saturated carbocycles. The molecule has 6 aromatic rings. The van der Waals surface area contributed by atoms with Gasteiger partial charge in [-0.3, -0.25) is 4.99 Å². The van der Waals surface area contributed by atoms with Crippen molar-refractivity contribution in [3.05, 3.63) is 156 Å². The smallest absolute Gasteiger partial charge is 0.126 e. The zero-order chi connectivity index (χ0) is 29.3. The molecule has 4 heteroatoms. The summed E-state index contributed by atoms with van der Waals surface area (Å²) in [5.41, 5.74) is 16.8. The summed E-state index contributed by atoms with van der Waals surface area (Å²) in [6.07, 6.45) is 9.00. The van der Waals surface area contributed by atoms with Crippen LogP contribution in [0.25, 0.3) is 38.5 Å². The number of hydrogen-bond donors (Lipinski definition) is 1. The second-order valence-electron chi connectivity index (χ2n) is 11.2. The molecule has 0 amide bonds.